The molecule has 0 atom stereocenters. The second-order valence-electron chi connectivity index (χ2n) is 3.48. The molecule has 0 saturated carbocycles. The molecule has 0 spiro atoms. The van der Waals surface area contributed by atoms with Crippen LogP contribution in [0.4, 0.5) is 21.2 Å². The SMILES string of the molecule is O=C(Nc1ccc(Cl)c([N+](=O)[O-])c1)Nc1cccs1. The largest absolute Gasteiger partial charge is 0.324 e. The molecular weight excluding hydrogens is 290 g/mol. The third-order valence-corrected chi connectivity index (χ3v) is 3.26. The van der Waals surface area contributed by atoms with Crippen LogP contribution in [-0.4, -0.2) is 11.0 Å². The van der Waals surface area contributed by atoms with Crippen molar-refractivity contribution in [1.82, 2.24) is 0 Å². The first-order valence-electron chi connectivity index (χ1n) is 5.12. The Labute approximate surface area is 117 Å². The molecule has 0 aliphatic carbocycles. The number of amides is 2. The Morgan fingerprint density at radius 1 is 1.32 bits per heavy atom. The number of nitrogens with one attached hydrogen (secondary N) is 2. The fourth-order valence-electron chi connectivity index (χ4n) is 1.35. The van der Waals surface area contributed by atoms with E-state index >= 15 is 0 Å². The van der Waals surface area contributed by atoms with Gasteiger partial charge in [-0.25, -0.2) is 4.79 Å². The minimum Gasteiger partial charge on any atom is -0.307 e. The highest BCUT2D eigenvalue weighted by Crippen LogP contribution is 2.27. The van der Waals surface area contributed by atoms with Crippen LogP contribution < -0.4 is 10.6 Å². The summed E-state index contributed by atoms with van der Waals surface area (Å²) in [7, 11) is 0. The zero-order valence-corrected chi connectivity index (χ0v) is 11.0. The van der Waals surface area contributed by atoms with Gasteiger partial charge in [0.15, 0.2) is 0 Å². The number of benzene rings is 1. The summed E-state index contributed by atoms with van der Waals surface area (Å²) >= 11 is 7.05. The monoisotopic (exact) mass is 297 g/mol. The highest BCUT2D eigenvalue weighted by atomic mass is 35.5. The van der Waals surface area contributed by atoms with Gasteiger partial charge in [0.05, 0.1) is 9.92 Å². The lowest BCUT2D eigenvalue weighted by atomic mass is 10.3. The molecule has 0 saturated heterocycles. The van der Waals surface area contributed by atoms with E-state index in [1.54, 1.807) is 12.1 Å². The first-order chi connectivity index (χ1) is 9.06. The van der Waals surface area contributed by atoms with Gasteiger partial charge >= 0.3 is 6.03 Å². The van der Waals surface area contributed by atoms with Crippen LogP contribution in [0.15, 0.2) is 35.7 Å². The number of anilines is 2. The molecule has 2 rings (SSSR count). The van der Waals surface area contributed by atoms with Crippen LogP contribution in [0.1, 0.15) is 0 Å². The molecule has 0 aliphatic rings. The standard InChI is InChI=1S/C11H8ClN3O3S/c12-8-4-3-7(6-9(8)15(17)18)13-11(16)14-10-2-1-5-19-10/h1-6H,(H2,13,14,16). The van der Waals surface area contributed by atoms with Crippen molar-refractivity contribution in [2.24, 2.45) is 0 Å². The zero-order chi connectivity index (χ0) is 13.8. The molecule has 1 aromatic heterocycles. The summed E-state index contributed by atoms with van der Waals surface area (Å²) in [6.07, 6.45) is 0. The number of nitrogens with zero attached hydrogens (tertiary/aromatic N) is 1. The molecular formula is C11H8ClN3O3S. The van der Waals surface area contributed by atoms with Crippen molar-refractivity contribution < 1.29 is 9.72 Å². The predicted octanol–water partition coefficient (Wildman–Crippen LogP) is 3.95. The lowest BCUT2D eigenvalue weighted by molar-refractivity contribution is -0.384. The molecule has 2 amide bonds. The van der Waals surface area contributed by atoms with E-state index < -0.39 is 11.0 Å². The van der Waals surface area contributed by atoms with E-state index in [-0.39, 0.29) is 10.7 Å². The van der Waals surface area contributed by atoms with Crippen LogP contribution in [0.3, 0.4) is 0 Å². The Bertz CT molecular complexity index is 616. The highest BCUT2D eigenvalue weighted by Gasteiger charge is 2.13. The molecule has 2 N–H and O–H groups in total. The van der Waals surface area contributed by atoms with Gasteiger partial charge in [0.1, 0.15) is 5.02 Å². The molecule has 8 heteroatoms. The fraction of sp³-hybridized carbons (Fsp3) is 0. The average Bonchev–Trinajstić information content (AvgIpc) is 2.84. The molecule has 2 aromatic rings. The van der Waals surface area contributed by atoms with Crippen LogP contribution in [0.5, 0.6) is 0 Å². The van der Waals surface area contributed by atoms with Crippen LogP contribution in [0.25, 0.3) is 0 Å². The number of nitro groups is 1. The summed E-state index contributed by atoms with van der Waals surface area (Å²) in [4.78, 5) is 21.7. The number of hydrogen-bond donors (Lipinski definition) is 2. The summed E-state index contributed by atoms with van der Waals surface area (Å²) in [5.74, 6) is 0. The third-order valence-electron chi connectivity index (χ3n) is 2.16. The Kier molecular flexibility index (Phi) is 3.98. The number of thiophene rings is 1. The van der Waals surface area contributed by atoms with Gasteiger partial charge in [0.2, 0.25) is 0 Å². The van der Waals surface area contributed by atoms with E-state index in [0.717, 1.165) is 0 Å². The van der Waals surface area contributed by atoms with Crippen molar-refractivity contribution in [2.45, 2.75) is 0 Å². The van der Waals surface area contributed by atoms with E-state index in [9.17, 15) is 14.9 Å². The quantitative estimate of drug-likeness (QED) is 0.664. The predicted molar refractivity (Wildman–Crippen MR) is 75.1 cm³/mol. The Morgan fingerprint density at radius 2 is 2.11 bits per heavy atom. The number of nitro benzene ring substituents is 1. The van der Waals surface area contributed by atoms with E-state index in [2.05, 4.69) is 10.6 Å². The summed E-state index contributed by atoms with van der Waals surface area (Å²) < 4.78 is 0. The van der Waals surface area contributed by atoms with Crippen molar-refractivity contribution in [3.8, 4) is 0 Å². The number of rotatable bonds is 3. The summed E-state index contributed by atoms with van der Waals surface area (Å²) in [5.41, 5.74) is 0.0424. The molecule has 0 radical (unpaired) electrons. The Balaban J connectivity index is 2.09. The molecule has 0 bridgehead atoms. The van der Waals surface area contributed by atoms with Gasteiger partial charge < -0.3 is 5.32 Å². The van der Waals surface area contributed by atoms with Gasteiger partial charge in [0, 0.05) is 11.8 Å². The number of carbonyl (C=O) groups is 1. The van der Waals surface area contributed by atoms with Gasteiger partial charge in [-0.3, -0.25) is 15.4 Å². The Morgan fingerprint density at radius 3 is 2.74 bits per heavy atom. The second kappa shape index (κ2) is 5.68. The van der Waals surface area contributed by atoms with Gasteiger partial charge in [0.25, 0.3) is 5.69 Å². The number of urea groups is 1. The normalized spacial score (nSPS) is 9.95. The maximum absolute atomic E-state index is 11.6. The van der Waals surface area contributed by atoms with Crippen molar-refractivity contribution in [2.75, 3.05) is 10.6 Å². The van der Waals surface area contributed by atoms with Crippen LogP contribution >= 0.6 is 22.9 Å². The average molecular weight is 298 g/mol. The maximum Gasteiger partial charge on any atom is 0.324 e. The first kappa shape index (κ1) is 13.3. The van der Waals surface area contributed by atoms with Crippen molar-refractivity contribution in [3.05, 3.63) is 50.8 Å². The number of carbonyl (C=O) groups excluding carboxylic acids is 1. The molecule has 6 nitrogen and oxygen atoms in total. The molecule has 0 aliphatic heterocycles. The number of halogens is 1. The van der Waals surface area contributed by atoms with Crippen molar-refractivity contribution >= 4 is 45.3 Å². The van der Waals surface area contributed by atoms with Gasteiger partial charge in [-0.05, 0) is 29.6 Å². The highest BCUT2D eigenvalue weighted by molar-refractivity contribution is 7.14. The van der Waals surface area contributed by atoms with E-state index in [4.69, 9.17) is 11.6 Å². The smallest absolute Gasteiger partial charge is 0.307 e. The van der Waals surface area contributed by atoms with E-state index in [0.29, 0.717) is 10.7 Å². The van der Waals surface area contributed by atoms with Crippen LogP contribution in [0.2, 0.25) is 5.02 Å². The van der Waals surface area contributed by atoms with Crippen LogP contribution in [-0.2, 0) is 0 Å². The summed E-state index contributed by atoms with van der Waals surface area (Å²) in [6, 6.07) is 7.13. The molecule has 1 aromatic carbocycles. The lowest BCUT2D eigenvalue weighted by Crippen LogP contribution is -2.18. The molecule has 1 heterocycles. The van der Waals surface area contributed by atoms with Gasteiger partial charge in [-0.1, -0.05) is 11.6 Å². The first-order valence-corrected chi connectivity index (χ1v) is 6.37. The molecule has 0 fully saturated rings. The second-order valence-corrected chi connectivity index (χ2v) is 4.83. The summed E-state index contributed by atoms with van der Waals surface area (Å²) in [6.45, 7) is 0. The van der Waals surface area contributed by atoms with E-state index in [1.807, 2.05) is 5.38 Å². The van der Waals surface area contributed by atoms with Gasteiger partial charge in [-0.2, -0.15) is 0 Å². The summed E-state index contributed by atoms with van der Waals surface area (Å²) in [5, 5.41) is 18.3. The molecule has 98 valence electrons. The molecule has 0 unspecified atom stereocenters. The van der Waals surface area contributed by atoms with E-state index in [1.165, 1.54) is 29.5 Å². The molecule has 19 heavy (non-hydrogen) atoms. The van der Waals surface area contributed by atoms with Gasteiger partial charge in [-0.15, -0.1) is 11.3 Å². The fourth-order valence-corrected chi connectivity index (χ4v) is 2.15. The van der Waals surface area contributed by atoms with Crippen LogP contribution in [0, 0.1) is 10.1 Å². The zero-order valence-electron chi connectivity index (χ0n) is 9.42. The Hall–Kier alpha value is -2.12. The lowest BCUT2D eigenvalue weighted by Gasteiger charge is -2.06. The van der Waals surface area contributed by atoms with Crippen molar-refractivity contribution in [1.29, 1.82) is 0 Å². The maximum atomic E-state index is 11.6. The minimum absolute atomic E-state index is 0.0224. The number of hydrogen-bond acceptors (Lipinski definition) is 4. The third kappa shape index (κ3) is 3.43. The minimum atomic E-state index is -0.606. The van der Waals surface area contributed by atoms with Crippen molar-refractivity contribution in [3.63, 3.8) is 0 Å². The topological polar surface area (TPSA) is 84.3 Å².